The van der Waals surface area contributed by atoms with Crippen molar-refractivity contribution in [1.29, 1.82) is 0 Å². The van der Waals surface area contributed by atoms with E-state index in [-0.39, 0.29) is 16.9 Å². The smallest absolute Gasteiger partial charge is 0.264 e. The van der Waals surface area contributed by atoms with Gasteiger partial charge in [-0.1, -0.05) is 34.6 Å². The third kappa shape index (κ3) is 3.20. The van der Waals surface area contributed by atoms with E-state index in [1.807, 2.05) is 27.1 Å². The van der Waals surface area contributed by atoms with Crippen LogP contribution in [0.4, 0.5) is 0 Å². The van der Waals surface area contributed by atoms with Gasteiger partial charge in [-0.25, -0.2) is 4.98 Å². The summed E-state index contributed by atoms with van der Waals surface area (Å²) in [5.74, 6) is 0.801. The average Bonchev–Trinajstić information content (AvgIpc) is 2.74. The zero-order valence-electron chi connectivity index (χ0n) is 13.3. The number of hydrogen-bond donors (Lipinski definition) is 1. The minimum atomic E-state index is -0.115. The van der Waals surface area contributed by atoms with Gasteiger partial charge in [0, 0.05) is 18.7 Å². The van der Waals surface area contributed by atoms with E-state index in [0.29, 0.717) is 9.39 Å². The van der Waals surface area contributed by atoms with Crippen molar-refractivity contribution in [3.8, 4) is 11.4 Å². The third-order valence-corrected chi connectivity index (χ3v) is 4.27. The summed E-state index contributed by atoms with van der Waals surface area (Å²) in [5.41, 5.74) is 2.45. The van der Waals surface area contributed by atoms with Crippen molar-refractivity contribution in [3.63, 3.8) is 0 Å². The fourth-order valence-electron chi connectivity index (χ4n) is 2.20. The normalized spacial score (nSPS) is 12.2. The first kappa shape index (κ1) is 16.2. The molecule has 114 valence electrons. The van der Waals surface area contributed by atoms with E-state index < -0.39 is 0 Å². The van der Waals surface area contributed by atoms with Gasteiger partial charge in [0.05, 0.1) is 20.5 Å². The quantitative estimate of drug-likeness (QED) is 0.788. The molecule has 6 heteroatoms. The summed E-state index contributed by atoms with van der Waals surface area (Å²) < 4.78 is 2.43. The number of aryl methyl sites for hydroxylation is 1. The van der Waals surface area contributed by atoms with Gasteiger partial charge in [0.15, 0.2) is 0 Å². The zero-order chi connectivity index (χ0) is 15.9. The van der Waals surface area contributed by atoms with Crippen molar-refractivity contribution in [2.75, 3.05) is 0 Å². The summed E-state index contributed by atoms with van der Waals surface area (Å²) in [6, 6.07) is 0. The molecular formula is C15H21IN4O. The van der Waals surface area contributed by atoms with Crippen molar-refractivity contribution in [2.24, 2.45) is 7.05 Å². The highest BCUT2D eigenvalue weighted by atomic mass is 127. The van der Waals surface area contributed by atoms with E-state index in [0.717, 1.165) is 17.0 Å². The highest BCUT2D eigenvalue weighted by Crippen LogP contribution is 2.30. The summed E-state index contributed by atoms with van der Waals surface area (Å²) in [6.07, 6.45) is 1.91. The molecular weight excluding hydrogens is 379 g/mol. The number of H-pyrrole nitrogens is 1. The van der Waals surface area contributed by atoms with Crippen LogP contribution in [0.25, 0.3) is 11.4 Å². The van der Waals surface area contributed by atoms with Crippen LogP contribution < -0.4 is 5.56 Å². The van der Waals surface area contributed by atoms with E-state index in [1.165, 1.54) is 0 Å². The monoisotopic (exact) mass is 400 g/mol. The molecule has 0 amide bonds. The molecule has 0 unspecified atom stereocenters. The summed E-state index contributed by atoms with van der Waals surface area (Å²) in [4.78, 5) is 19.7. The Kier molecular flexibility index (Phi) is 4.28. The minimum Gasteiger partial charge on any atom is -0.305 e. The maximum atomic E-state index is 12.2. The second kappa shape index (κ2) is 5.55. The molecule has 0 bridgehead atoms. The Bertz CT molecular complexity index is 722. The molecule has 0 spiro atoms. The van der Waals surface area contributed by atoms with Crippen molar-refractivity contribution in [3.05, 3.63) is 31.5 Å². The molecule has 0 radical (unpaired) electrons. The maximum Gasteiger partial charge on any atom is 0.264 e. The lowest BCUT2D eigenvalue weighted by Gasteiger charge is -2.17. The Morgan fingerprint density at radius 1 is 1.33 bits per heavy atom. The van der Waals surface area contributed by atoms with Crippen molar-refractivity contribution in [1.82, 2.24) is 19.7 Å². The van der Waals surface area contributed by atoms with E-state index in [1.54, 1.807) is 4.68 Å². The van der Waals surface area contributed by atoms with Crippen LogP contribution in [0.5, 0.6) is 0 Å². The molecule has 0 aliphatic heterocycles. The highest BCUT2D eigenvalue weighted by molar-refractivity contribution is 14.1. The van der Waals surface area contributed by atoms with Gasteiger partial charge in [-0.05, 0) is 28.5 Å². The lowest BCUT2D eigenvalue weighted by molar-refractivity contribution is 0.554. The van der Waals surface area contributed by atoms with Crippen LogP contribution in [0.15, 0.2) is 11.0 Å². The molecule has 0 aliphatic rings. The number of rotatable bonds is 2. The maximum absolute atomic E-state index is 12.2. The Hall–Kier alpha value is -1.18. The highest BCUT2D eigenvalue weighted by Gasteiger charge is 2.25. The molecule has 2 aromatic rings. The van der Waals surface area contributed by atoms with Crippen molar-refractivity contribution >= 4 is 22.6 Å². The topological polar surface area (TPSA) is 63.6 Å². The molecule has 2 rings (SSSR count). The van der Waals surface area contributed by atoms with E-state index in [2.05, 4.69) is 58.4 Å². The van der Waals surface area contributed by atoms with Crippen LogP contribution in [-0.4, -0.2) is 19.7 Å². The predicted octanol–water partition coefficient (Wildman–Crippen LogP) is 3.20. The Morgan fingerprint density at radius 3 is 2.48 bits per heavy atom. The van der Waals surface area contributed by atoms with Gasteiger partial charge in [0.2, 0.25) is 0 Å². The SMILES string of the molecule is CC(C)c1nc(-c2cn(C)nc2C(C)(C)C)[nH]c(=O)c1I. The molecule has 0 saturated heterocycles. The predicted molar refractivity (Wildman–Crippen MR) is 92.6 cm³/mol. The van der Waals surface area contributed by atoms with Crippen molar-refractivity contribution < 1.29 is 0 Å². The van der Waals surface area contributed by atoms with Crippen LogP contribution in [0.2, 0.25) is 0 Å². The second-order valence-electron chi connectivity index (χ2n) is 6.58. The fourth-order valence-corrected chi connectivity index (χ4v) is 3.08. The first-order valence-electron chi connectivity index (χ1n) is 6.95. The molecule has 0 aliphatic carbocycles. The standard InChI is InChI=1S/C15H21IN4O/c1-8(2)11-10(16)14(21)18-13(17-11)9-7-20(6)19-12(9)15(3,4)5/h7-8H,1-6H3,(H,17,18,21). The lowest BCUT2D eigenvalue weighted by atomic mass is 9.89. The molecule has 21 heavy (non-hydrogen) atoms. The van der Waals surface area contributed by atoms with Crippen LogP contribution in [0, 0.1) is 3.57 Å². The summed E-state index contributed by atoms with van der Waals surface area (Å²) in [5, 5.41) is 4.54. The van der Waals surface area contributed by atoms with E-state index >= 15 is 0 Å². The van der Waals surface area contributed by atoms with Crippen molar-refractivity contribution in [2.45, 2.75) is 46.0 Å². The Morgan fingerprint density at radius 2 is 1.95 bits per heavy atom. The summed E-state index contributed by atoms with van der Waals surface area (Å²) >= 11 is 2.06. The van der Waals surface area contributed by atoms with Crippen LogP contribution in [0.1, 0.15) is 51.9 Å². The molecule has 0 atom stereocenters. The van der Waals surface area contributed by atoms with Gasteiger partial charge >= 0.3 is 0 Å². The number of hydrogen-bond acceptors (Lipinski definition) is 3. The summed E-state index contributed by atoms with van der Waals surface area (Å²) in [6.45, 7) is 10.4. The Balaban J connectivity index is 2.71. The van der Waals surface area contributed by atoms with E-state index in [9.17, 15) is 4.79 Å². The first-order valence-corrected chi connectivity index (χ1v) is 8.03. The number of aromatic amines is 1. The van der Waals surface area contributed by atoms with Gasteiger partial charge in [0.25, 0.3) is 5.56 Å². The van der Waals surface area contributed by atoms with Crippen LogP contribution in [0.3, 0.4) is 0 Å². The minimum absolute atomic E-state index is 0.0898. The number of halogens is 1. The van der Waals surface area contributed by atoms with Gasteiger partial charge in [-0.15, -0.1) is 0 Å². The number of nitrogens with one attached hydrogen (secondary N) is 1. The van der Waals surface area contributed by atoms with Crippen LogP contribution >= 0.6 is 22.6 Å². The average molecular weight is 400 g/mol. The van der Waals surface area contributed by atoms with Gasteiger partial charge in [0.1, 0.15) is 5.82 Å². The van der Waals surface area contributed by atoms with E-state index in [4.69, 9.17) is 0 Å². The van der Waals surface area contributed by atoms with Gasteiger partial charge < -0.3 is 4.98 Å². The molecule has 1 N–H and O–H groups in total. The number of aromatic nitrogens is 4. The van der Waals surface area contributed by atoms with Crippen LogP contribution in [-0.2, 0) is 12.5 Å². The second-order valence-corrected chi connectivity index (χ2v) is 7.66. The molecule has 0 fully saturated rings. The largest absolute Gasteiger partial charge is 0.305 e. The fraction of sp³-hybridized carbons (Fsp3) is 0.533. The molecule has 5 nitrogen and oxygen atoms in total. The zero-order valence-corrected chi connectivity index (χ0v) is 15.4. The molecule has 2 heterocycles. The molecule has 0 saturated carbocycles. The molecule has 0 aromatic carbocycles. The third-order valence-electron chi connectivity index (χ3n) is 3.23. The van der Waals surface area contributed by atoms with Gasteiger partial charge in [-0.3, -0.25) is 9.48 Å². The lowest BCUT2D eigenvalue weighted by Crippen LogP contribution is -2.19. The molecule has 2 aromatic heterocycles. The Labute approximate surface area is 138 Å². The first-order chi connectivity index (χ1) is 9.61. The summed E-state index contributed by atoms with van der Waals surface area (Å²) in [7, 11) is 1.88. The van der Waals surface area contributed by atoms with Gasteiger partial charge in [-0.2, -0.15) is 5.10 Å². The number of nitrogens with zero attached hydrogens (tertiary/aromatic N) is 3.